The maximum absolute atomic E-state index is 9.00. The van der Waals surface area contributed by atoms with E-state index in [-0.39, 0.29) is 0 Å². The van der Waals surface area contributed by atoms with Gasteiger partial charge in [-0.1, -0.05) is 12.1 Å². The minimum Gasteiger partial charge on any atom is -0.455 e. The Balaban J connectivity index is 2.53. The van der Waals surface area contributed by atoms with Gasteiger partial charge in [-0.05, 0) is 24.3 Å². The summed E-state index contributed by atoms with van der Waals surface area (Å²) in [5.41, 5.74) is 2.38. The highest BCUT2D eigenvalue weighted by Crippen LogP contribution is 2.31. The van der Waals surface area contributed by atoms with Gasteiger partial charge in [0.25, 0.3) is 0 Å². The normalized spacial score (nSPS) is 10.2. The van der Waals surface area contributed by atoms with E-state index in [0.717, 1.165) is 10.8 Å². The summed E-state index contributed by atoms with van der Waals surface area (Å²) in [5.74, 6) is 0. The summed E-state index contributed by atoms with van der Waals surface area (Å²) in [6.07, 6.45) is 0. The van der Waals surface area contributed by atoms with Crippen LogP contribution in [0.15, 0.2) is 40.8 Å². The number of benzene rings is 2. The number of para-hydroxylation sites is 1. The predicted octanol–water partition coefficient (Wildman–Crippen LogP) is 3.33. The summed E-state index contributed by atoms with van der Waals surface area (Å²) in [6, 6.07) is 14.9. The average molecular weight is 218 g/mol. The average Bonchev–Trinajstić information content (AvgIpc) is 2.76. The molecule has 3 rings (SSSR count). The van der Waals surface area contributed by atoms with Gasteiger partial charge in [-0.25, -0.2) is 0 Å². The molecule has 1 heterocycles. The van der Waals surface area contributed by atoms with Crippen LogP contribution in [0, 0.1) is 22.7 Å². The first-order chi connectivity index (χ1) is 8.33. The molecular formula is C14H6N2O. The zero-order chi connectivity index (χ0) is 11.8. The predicted molar refractivity (Wildman–Crippen MR) is 63.2 cm³/mol. The first kappa shape index (κ1) is 9.45. The van der Waals surface area contributed by atoms with Crippen LogP contribution < -0.4 is 0 Å². The van der Waals surface area contributed by atoms with Crippen LogP contribution in [0.2, 0.25) is 0 Å². The van der Waals surface area contributed by atoms with E-state index >= 15 is 0 Å². The first-order valence-electron chi connectivity index (χ1n) is 5.09. The van der Waals surface area contributed by atoms with E-state index in [1.165, 1.54) is 0 Å². The van der Waals surface area contributed by atoms with E-state index in [4.69, 9.17) is 14.9 Å². The lowest BCUT2D eigenvalue weighted by molar-refractivity contribution is 0.667. The van der Waals surface area contributed by atoms with Gasteiger partial charge in [-0.3, -0.25) is 0 Å². The number of fused-ring (bicyclic) bond motifs is 3. The third-order valence-electron chi connectivity index (χ3n) is 2.75. The van der Waals surface area contributed by atoms with Gasteiger partial charge in [0.1, 0.15) is 11.7 Å². The van der Waals surface area contributed by atoms with Crippen LogP contribution in [0.1, 0.15) is 11.1 Å². The van der Waals surface area contributed by atoms with E-state index in [1.807, 2.05) is 12.1 Å². The molecule has 0 radical (unpaired) electrons. The lowest BCUT2D eigenvalue weighted by Gasteiger charge is -1.90. The molecule has 0 bridgehead atoms. The van der Waals surface area contributed by atoms with Crippen molar-refractivity contribution in [2.24, 2.45) is 0 Å². The Hall–Kier alpha value is -2.78. The summed E-state index contributed by atoms with van der Waals surface area (Å²) in [6.45, 7) is 0. The largest absolute Gasteiger partial charge is 0.455 e. The van der Waals surface area contributed by atoms with Crippen LogP contribution in [0.5, 0.6) is 0 Å². The fourth-order valence-corrected chi connectivity index (χ4v) is 1.96. The number of furan rings is 1. The number of hydrogen-bond acceptors (Lipinski definition) is 3. The van der Waals surface area contributed by atoms with Crippen LogP contribution in [0.25, 0.3) is 21.9 Å². The molecule has 0 aliphatic carbocycles. The highest BCUT2D eigenvalue weighted by Gasteiger charge is 2.10. The van der Waals surface area contributed by atoms with Crippen LogP contribution in [-0.4, -0.2) is 0 Å². The highest BCUT2D eigenvalue weighted by molar-refractivity contribution is 6.06. The van der Waals surface area contributed by atoms with Crippen LogP contribution >= 0.6 is 0 Å². The Labute approximate surface area is 97.1 Å². The van der Waals surface area contributed by atoms with Crippen molar-refractivity contribution in [1.82, 2.24) is 0 Å². The van der Waals surface area contributed by atoms with Crippen LogP contribution in [0.3, 0.4) is 0 Å². The Morgan fingerprint density at radius 2 is 1.82 bits per heavy atom. The van der Waals surface area contributed by atoms with Gasteiger partial charge in [-0.2, -0.15) is 10.5 Å². The molecule has 0 spiro atoms. The number of rotatable bonds is 0. The SMILES string of the molecule is N#Cc1ccc2oc3c(C#N)cccc3c2c1. The van der Waals surface area contributed by atoms with Gasteiger partial charge in [0.15, 0.2) is 5.58 Å². The van der Waals surface area contributed by atoms with E-state index in [1.54, 1.807) is 24.3 Å². The minimum absolute atomic E-state index is 0.511. The van der Waals surface area contributed by atoms with Gasteiger partial charge in [0.05, 0.1) is 17.2 Å². The van der Waals surface area contributed by atoms with E-state index in [0.29, 0.717) is 22.3 Å². The number of nitriles is 2. The zero-order valence-electron chi connectivity index (χ0n) is 8.77. The molecule has 0 N–H and O–H groups in total. The van der Waals surface area contributed by atoms with E-state index in [2.05, 4.69) is 12.1 Å². The molecule has 1 aromatic heterocycles. The summed E-state index contributed by atoms with van der Waals surface area (Å²) >= 11 is 0. The number of hydrogen-bond donors (Lipinski definition) is 0. The van der Waals surface area contributed by atoms with Gasteiger partial charge < -0.3 is 4.42 Å². The van der Waals surface area contributed by atoms with Crippen molar-refractivity contribution in [2.45, 2.75) is 0 Å². The van der Waals surface area contributed by atoms with Crippen molar-refractivity contribution in [2.75, 3.05) is 0 Å². The quantitative estimate of drug-likeness (QED) is 0.581. The molecule has 0 saturated heterocycles. The molecule has 0 atom stereocenters. The van der Waals surface area contributed by atoms with E-state index < -0.39 is 0 Å². The second kappa shape index (κ2) is 3.37. The zero-order valence-corrected chi connectivity index (χ0v) is 8.77. The molecule has 2 aromatic carbocycles. The molecular weight excluding hydrogens is 212 g/mol. The molecule has 0 amide bonds. The fraction of sp³-hybridized carbons (Fsp3) is 0. The van der Waals surface area contributed by atoms with Crippen molar-refractivity contribution in [3.8, 4) is 12.1 Å². The van der Waals surface area contributed by atoms with Gasteiger partial charge in [0.2, 0.25) is 0 Å². The smallest absolute Gasteiger partial charge is 0.153 e. The number of nitrogens with zero attached hydrogens (tertiary/aromatic N) is 2. The molecule has 17 heavy (non-hydrogen) atoms. The molecule has 3 nitrogen and oxygen atoms in total. The fourth-order valence-electron chi connectivity index (χ4n) is 1.96. The summed E-state index contributed by atoms with van der Waals surface area (Å²) in [5, 5.41) is 19.6. The van der Waals surface area contributed by atoms with E-state index in [9.17, 15) is 0 Å². The second-order valence-corrected chi connectivity index (χ2v) is 3.72. The lowest BCUT2D eigenvalue weighted by Crippen LogP contribution is -1.74. The Kier molecular flexibility index (Phi) is 1.87. The summed E-state index contributed by atoms with van der Waals surface area (Å²) in [7, 11) is 0. The van der Waals surface area contributed by atoms with Crippen molar-refractivity contribution in [3.63, 3.8) is 0 Å². The monoisotopic (exact) mass is 218 g/mol. The molecule has 0 saturated carbocycles. The van der Waals surface area contributed by atoms with Crippen molar-refractivity contribution in [1.29, 1.82) is 10.5 Å². The standard InChI is InChI=1S/C14H6N2O/c15-7-9-4-5-13-12(6-9)11-3-1-2-10(8-16)14(11)17-13/h1-6H. The maximum Gasteiger partial charge on any atom is 0.153 e. The molecule has 3 aromatic rings. The molecule has 78 valence electrons. The third-order valence-corrected chi connectivity index (χ3v) is 2.75. The molecule has 0 aliphatic rings. The summed E-state index contributed by atoms with van der Waals surface area (Å²) in [4.78, 5) is 0. The topological polar surface area (TPSA) is 60.7 Å². The molecule has 3 heteroatoms. The Morgan fingerprint density at radius 3 is 2.59 bits per heavy atom. The summed E-state index contributed by atoms with van der Waals surface area (Å²) < 4.78 is 5.64. The maximum atomic E-state index is 9.00. The van der Waals surface area contributed by atoms with Gasteiger partial charge in [0, 0.05) is 10.8 Å². The van der Waals surface area contributed by atoms with Gasteiger partial charge >= 0.3 is 0 Å². The molecule has 0 aliphatic heterocycles. The Bertz CT molecular complexity index is 816. The third kappa shape index (κ3) is 1.27. The molecule has 0 fully saturated rings. The van der Waals surface area contributed by atoms with Crippen molar-refractivity contribution in [3.05, 3.63) is 47.5 Å². The van der Waals surface area contributed by atoms with Crippen LogP contribution in [0.4, 0.5) is 0 Å². The van der Waals surface area contributed by atoms with Crippen LogP contribution in [-0.2, 0) is 0 Å². The molecule has 0 unspecified atom stereocenters. The Morgan fingerprint density at radius 1 is 0.941 bits per heavy atom. The van der Waals surface area contributed by atoms with Gasteiger partial charge in [-0.15, -0.1) is 0 Å². The first-order valence-corrected chi connectivity index (χ1v) is 5.09. The highest BCUT2D eigenvalue weighted by atomic mass is 16.3. The van der Waals surface area contributed by atoms with Crippen molar-refractivity contribution >= 4 is 21.9 Å². The minimum atomic E-state index is 0.511. The van der Waals surface area contributed by atoms with Crippen molar-refractivity contribution < 1.29 is 4.42 Å². The second-order valence-electron chi connectivity index (χ2n) is 3.72. The lowest BCUT2D eigenvalue weighted by atomic mass is 10.1.